The van der Waals surface area contributed by atoms with Gasteiger partial charge in [-0.15, -0.1) is 0 Å². The molecule has 0 aliphatic heterocycles. The zero-order valence-electron chi connectivity index (χ0n) is 10.5. The molecule has 6 heteroatoms. The van der Waals surface area contributed by atoms with Gasteiger partial charge in [0.25, 0.3) is 0 Å². The molecular weight excluding hydrogens is 260 g/mol. The van der Waals surface area contributed by atoms with Crippen LogP contribution >= 0.6 is 0 Å². The first-order valence-electron chi connectivity index (χ1n) is 6.10. The van der Waals surface area contributed by atoms with Crippen LogP contribution in [0.1, 0.15) is 24.4 Å². The summed E-state index contributed by atoms with van der Waals surface area (Å²) in [5.74, 6) is -3.97. The van der Waals surface area contributed by atoms with Gasteiger partial charge in [-0.1, -0.05) is 30.3 Å². The van der Waals surface area contributed by atoms with Crippen molar-refractivity contribution < 1.29 is 17.6 Å². The second kappa shape index (κ2) is 7.45. The van der Waals surface area contributed by atoms with E-state index in [1.165, 1.54) is 0 Å². The molecule has 0 heterocycles. The predicted octanol–water partition coefficient (Wildman–Crippen LogP) is 2.96. The van der Waals surface area contributed by atoms with Crippen molar-refractivity contribution in [2.75, 3.05) is 13.1 Å². The Morgan fingerprint density at radius 2 is 1.79 bits per heavy atom. The Kier molecular flexibility index (Phi) is 6.24. The maximum absolute atomic E-state index is 12.6. The molecule has 1 atom stereocenters. The van der Waals surface area contributed by atoms with Gasteiger partial charge in [0.2, 0.25) is 0 Å². The lowest BCUT2D eigenvalue weighted by Gasteiger charge is -2.16. The lowest BCUT2D eigenvalue weighted by molar-refractivity contribution is -0.125. The Morgan fingerprint density at radius 1 is 1.16 bits per heavy atom. The molecular formula is C13H18F4N2. The molecule has 108 valence electrons. The van der Waals surface area contributed by atoms with Gasteiger partial charge in [-0.05, 0) is 24.9 Å². The molecule has 0 fully saturated rings. The molecule has 0 saturated heterocycles. The summed E-state index contributed by atoms with van der Waals surface area (Å²) in [6.07, 6.45) is -2.47. The lowest BCUT2D eigenvalue weighted by atomic mass is 10.0. The van der Waals surface area contributed by atoms with Gasteiger partial charge >= 0.3 is 12.3 Å². The quantitative estimate of drug-likeness (QED) is 0.567. The molecule has 3 N–H and O–H groups in total. The number of halogens is 4. The minimum absolute atomic E-state index is 0.168. The van der Waals surface area contributed by atoms with E-state index in [1.54, 1.807) is 0 Å². The highest BCUT2D eigenvalue weighted by molar-refractivity contribution is 5.18. The SMILES string of the molecule is NC(CCCNCC(F)(F)C(F)F)c1ccccc1. The number of nitrogens with one attached hydrogen (secondary N) is 1. The predicted molar refractivity (Wildman–Crippen MR) is 66.4 cm³/mol. The monoisotopic (exact) mass is 278 g/mol. The minimum atomic E-state index is -3.97. The van der Waals surface area contributed by atoms with Gasteiger partial charge in [0.05, 0.1) is 6.54 Å². The highest BCUT2D eigenvalue weighted by Gasteiger charge is 2.39. The van der Waals surface area contributed by atoms with Crippen molar-refractivity contribution in [3.8, 4) is 0 Å². The van der Waals surface area contributed by atoms with Crippen molar-refractivity contribution in [2.45, 2.75) is 31.2 Å². The number of alkyl halides is 4. The Bertz CT molecular complexity index is 357. The Balaban J connectivity index is 2.18. The summed E-state index contributed by atoms with van der Waals surface area (Å²) in [4.78, 5) is 0. The standard InChI is InChI=1S/C13H18F4N2/c14-12(15)13(16,17)9-19-8-4-7-11(18)10-5-2-1-3-6-10/h1-3,5-6,11-12,19H,4,7-9,18H2. The molecule has 1 aromatic carbocycles. The third-order valence-electron chi connectivity index (χ3n) is 2.78. The average Bonchev–Trinajstić information content (AvgIpc) is 2.38. The number of rotatable bonds is 8. The zero-order valence-corrected chi connectivity index (χ0v) is 10.5. The summed E-state index contributed by atoms with van der Waals surface area (Å²) in [6.45, 7) is -0.770. The van der Waals surface area contributed by atoms with Gasteiger partial charge in [0.1, 0.15) is 0 Å². The van der Waals surface area contributed by atoms with Gasteiger partial charge < -0.3 is 11.1 Å². The van der Waals surface area contributed by atoms with E-state index in [0.29, 0.717) is 12.8 Å². The fraction of sp³-hybridized carbons (Fsp3) is 0.538. The first-order chi connectivity index (χ1) is 8.93. The van der Waals surface area contributed by atoms with E-state index >= 15 is 0 Å². The number of hydrogen-bond donors (Lipinski definition) is 2. The molecule has 0 amide bonds. The van der Waals surface area contributed by atoms with Crippen LogP contribution in [0.25, 0.3) is 0 Å². The number of benzene rings is 1. The highest BCUT2D eigenvalue weighted by Crippen LogP contribution is 2.21. The normalized spacial score (nSPS) is 13.8. The third kappa shape index (κ3) is 5.57. The molecule has 1 aromatic rings. The molecule has 2 nitrogen and oxygen atoms in total. The summed E-state index contributed by atoms with van der Waals surface area (Å²) in [7, 11) is 0. The van der Waals surface area contributed by atoms with Crippen LogP contribution in [0.4, 0.5) is 17.6 Å². The first-order valence-corrected chi connectivity index (χ1v) is 6.10. The molecule has 1 unspecified atom stereocenters. The molecule has 0 saturated carbocycles. The molecule has 19 heavy (non-hydrogen) atoms. The summed E-state index contributed by atoms with van der Waals surface area (Å²) in [5, 5.41) is 2.33. The van der Waals surface area contributed by atoms with Crippen LogP contribution in [0.2, 0.25) is 0 Å². The second-order valence-electron chi connectivity index (χ2n) is 4.40. The van der Waals surface area contributed by atoms with Gasteiger partial charge in [0.15, 0.2) is 0 Å². The van der Waals surface area contributed by atoms with Crippen LogP contribution in [0, 0.1) is 0 Å². The smallest absolute Gasteiger partial charge is 0.319 e. The molecule has 1 rings (SSSR count). The maximum Gasteiger partial charge on any atom is 0.319 e. The van der Waals surface area contributed by atoms with Crippen LogP contribution in [0.3, 0.4) is 0 Å². The van der Waals surface area contributed by atoms with Gasteiger partial charge in [0, 0.05) is 6.04 Å². The van der Waals surface area contributed by atoms with E-state index < -0.39 is 18.9 Å². The zero-order chi connectivity index (χ0) is 14.3. The van der Waals surface area contributed by atoms with Crippen molar-refractivity contribution in [1.82, 2.24) is 5.32 Å². The minimum Gasteiger partial charge on any atom is -0.324 e. The molecule has 0 spiro atoms. The summed E-state index contributed by atoms with van der Waals surface area (Å²) >= 11 is 0. The average molecular weight is 278 g/mol. The maximum atomic E-state index is 12.6. The van der Waals surface area contributed by atoms with Crippen molar-refractivity contribution in [2.24, 2.45) is 5.73 Å². The lowest BCUT2D eigenvalue weighted by Crippen LogP contribution is -2.39. The molecule has 0 radical (unpaired) electrons. The fourth-order valence-electron chi connectivity index (χ4n) is 1.65. The van der Waals surface area contributed by atoms with Gasteiger partial charge in [-0.25, -0.2) is 8.78 Å². The van der Waals surface area contributed by atoms with Crippen LogP contribution in [0.5, 0.6) is 0 Å². The third-order valence-corrected chi connectivity index (χ3v) is 2.78. The highest BCUT2D eigenvalue weighted by atomic mass is 19.3. The molecule has 0 aromatic heterocycles. The Labute approximate surface area is 110 Å². The van der Waals surface area contributed by atoms with Gasteiger partial charge in [-0.2, -0.15) is 8.78 Å². The van der Waals surface area contributed by atoms with E-state index in [0.717, 1.165) is 5.56 Å². The molecule has 0 aliphatic rings. The largest absolute Gasteiger partial charge is 0.324 e. The van der Waals surface area contributed by atoms with Crippen molar-refractivity contribution in [3.05, 3.63) is 35.9 Å². The number of hydrogen-bond acceptors (Lipinski definition) is 2. The Morgan fingerprint density at radius 3 is 2.37 bits per heavy atom. The topological polar surface area (TPSA) is 38.0 Å². The van der Waals surface area contributed by atoms with Crippen molar-refractivity contribution in [3.63, 3.8) is 0 Å². The van der Waals surface area contributed by atoms with Crippen LogP contribution in [-0.4, -0.2) is 25.4 Å². The first kappa shape index (κ1) is 15.9. The van der Waals surface area contributed by atoms with Gasteiger partial charge in [-0.3, -0.25) is 0 Å². The molecule has 0 bridgehead atoms. The summed E-state index contributed by atoms with van der Waals surface area (Å²) < 4.78 is 48.8. The van der Waals surface area contributed by atoms with E-state index in [-0.39, 0.29) is 12.6 Å². The van der Waals surface area contributed by atoms with E-state index in [9.17, 15) is 17.6 Å². The molecule has 0 aliphatic carbocycles. The fourth-order valence-corrected chi connectivity index (χ4v) is 1.65. The second-order valence-corrected chi connectivity index (χ2v) is 4.40. The van der Waals surface area contributed by atoms with Crippen molar-refractivity contribution >= 4 is 0 Å². The summed E-state index contributed by atoms with van der Waals surface area (Å²) in [6, 6.07) is 9.24. The summed E-state index contributed by atoms with van der Waals surface area (Å²) in [5.41, 5.74) is 6.89. The van der Waals surface area contributed by atoms with E-state index in [2.05, 4.69) is 5.32 Å². The van der Waals surface area contributed by atoms with E-state index in [4.69, 9.17) is 5.73 Å². The van der Waals surface area contributed by atoms with E-state index in [1.807, 2.05) is 30.3 Å². The van der Waals surface area contributed by atoms with Crippen LogP contribution in [0.15, 0.2) is 30.3 Å². The van der Waals surface area contributed by atoms with Crippen molar-refractivity contribution in [1.29, 1.82) is 0 Å². The van der Waals surface area contributed by atoms with Crippen LogP contribution < -0.4 is 11.1 Å². The number of nitrogens with two attached hydrogens (primary N) is 1. The van der Waals surface area contributed by atoms with Crippen LogP contribution in [-0.2, 0) is 0 Å². The Hall–Kier alpha value is -1.14.